The number of ether oxygens (including phenoxy) is 2. The van der Waals surface area contributed by atoms with Crippen LogP contribution >= 0.6 is 0 Å². The molecule has 0 unspecified atom stereocenters. The average Bonchev–Trinajstić information content (AvgIpc) is 2.39. The van der Waals surface area contributed by atoms with E-state index in [4.69, 9.17) is 15.2 Å². The van der Waals surface area contributed by atoms with Gasteiger partial charge in [-0.1, -0.05) is 19.3 Å². The number of hydrogen-bond acceptors (Lipinski definition) is 3. The van der Waals surface area contributed by atoms with Gasteiger partial charge in [0.15, 0.2) is 11.6 Å². The molecule has 0 spiro atoms. The smallest absolute Gasteiger partial charge is 0.167 e. The van der Waals surface area contributed by atoms with Gasteiger partial charge in [0.05, 0.1) is 19.4 Å². The zero-order valence-corrected chi connectivity index (χ0v) is 10.7. The molecule has 18 heavy (non-hydrogen) atoms. The second kappa shape index (κ2) is 5.94. The zero-order valence-electron chi connectivity index (χ0n) is 10.7. The molecule has 3 nitrogen and oxygen atoms in total. The van der Waals surface area contributed by atoms with Gasteiger partial charge in [-0.3, -0.25) is 0 Å². The van der Waals surface area contributed by atoms with Gasteiger partial charge in [0.25, 0.3) is 0 Å². The molecule has 4 heteroatoms. The summed E-state index contributed by atoms with van der Waals surface area (Å²) in [7, 11) is 1.51. The number of nitrogens with two attached hydrogens (primary N) is 1. The summed E-state index contributed by atoms with van der Waals surface area (Å²) in [5.74, 6) is 0.799. The van der Waals surface area contributed by atoms with Crippen LogP contribution in [0.4, 0.5) is 10.1 Å². The zero-order chi connectivity index (χ0) is 13.0. The first-order valence-electron chi connectivity index (χ1n) is 6.46. The number of rotatable bonds is 4. The molecule has 0 heterocycles. The van der Waals surface area contributed by atoms with E-state index in [2.05, 4.69) is 0 Å². The molecule has 0 bridgehead atoms. The lowest BCUT2D eigenvalue weighted by Crippen LogP contribution is -2.15. The molecule has 100 valence electrons. The third kappa shape index (κ3) is 3.06. The molecule has 0 aromatic heterocycles. The van der Waals surface area contributed by atoms with Crippen LogP contribution < -0.4 is 15.2 Å². The highest BCUT2D eigenvalue weighted by molar-refractivity contribution is 5.56. The minimum absolute atomic E-state index is 0.228. The first-order chi connectivity index (χ1) is 8.70. The van der Waals surface area contributed by atoms with Gasteiger partial charge in [-0.15, -0.1) is 0 Å². The first-order valence-corrected chi connectivity index (χ1v) is 6.46. The van der Waals surface area contributed by atoms with Crippen molar-refractivity contribution >= 4 is 5.69 Å². The summed E-state index contributed by atoms with van der Waals surface area (Å²) in [6, 6.07) is 2.77. The lowest BCUT2D eigenvalue weighted by atomic mass is 9.90. The van der Waals surface area contributed by atoms with Crippen LogP contribution in [0.5, 0.6) is 11.5 Å². The van der Waals surface area contributed by atoms with Gasteiger partial charge in [0, 0.05) is 12.1 Å². The van der Waals surface area contributed by atoms with Gasteiger partial charge in [-0.25, -0.2) is 4.39 Å². The molecule has 1 fully saturated rings. The van der Waals surface area contributed by atoms with Crippen LogP contribution in [0.15, 0.2) is 12.1 Å². The van der Waals surface area contributed by atoms with E-state index < -0.39 is 5.82 Å². The van der Waals surface area contributed by atoms with Crippen molar-refractivity contribution in [1.29, 1.82) is 0 Å². The van der Waals surface area contributed by atoms with Crippen molar-refractivity contribution in [3.8, 4) is 11.5 Å². The van der Waals surface area contributed by atoms with Gasteiger partial charge >= 0.3 is 0 Å². The Balaban J connectivity index is 1.99. The summed E-state index contributed by atoms with van der Waals surface area (Å²) in [6.07, 6.45) is 6.16. The van der Waals surface area contributed by atoms with Gasteiger partial charge < -0.3 is 15.2 Å². The van der Waals surface area contributed by atoms with E-state index in [1.807, 2.05) is 0 Å². The van der Waals surface area contributed by atoms with E-state index >= 15 is 0 Å². The molecule has 1 aromatic carbocycles. The Morgan fingerprint density at radius 2 is 1.94 bits per heavy atom. The van der Waals surface area contributed by atoms with E-state index in [-0.39, 0.29) is 5.75 Å². The van der Waals surface area contributed by atoms with E-state index in [1.165, 1.54) is 51.3 Å². The van der Waals surface area contributed by atoms with E-state index in [1.54, 1.807) is 0 Å². The van der Waals surface area contributed by atoms with E-state index in [0.29, 0.717) is 24.0 Å². The third-order valence-corrected chi connectivity index (χ3v) is 3.48. The maximum absolute atomic E-state index is 13.7. The number of anilines is 1. The Morgan fingerprint density at radius 3 is 2.61 bits per heavy atom. The largest absolute Gasteiger partial charge is 0.494 e. The fourth-order valence-corrected chi connectivity index (χ4v) is 2.40. The molecule has 1 saturated carbocycles. The molecule has 0 amide bonds. The van der Waals surface area contributed by atoms with Crippen LogP contribution in [0, 0.1) is 11.7 Å². The van der Waals surface area contributed by atoms with E-state index in [0.717, 1.165) is 0 Å². The van der Waals surface area contributed by atoms with Crippen molar-refractivity contribution in [3.63, 3.8) is 0 Å². The maximum Gasteiger partial charge on any atom is 0.167 e. The summed E-state index contributed by atoms with van der Waals surface area (Å²) >= 11 is 0. The third-order valence-electron chi connectivity index (χ3n) is 3.48. The summed E-state index contributed by atoms with van der Waals surface area (Å²) in [5.41, 5.74) is 5.91. The minimum atomic E-state index is -0.427. The van der Waals surface area contributed by atoms with Crippen molar-refractivity contribution in [1.82, 2.24) is 0 Å². The highest BCUT2D eigenvalue weighted by Crippen LogP contribution is 2.31. The van der Waals surface area contributed by atoms with Crippen molar-refractivity contribution in [2.75, 3.05) is 19.5 Å². The Hall–Kier alpha value is -1.45. The summed E-state index contributed by atoms with van der Waals surface area (Å²) in [5, 5.41) is 0. The quantitative estimate of drug-likeness (QED) is 0.837. The van der Waals surface area contributed by atoms with Crippen molar-refractivity contribution in [2.24, 2.45) is 5.92 Å². The van der Waals surface area contributed by atoms with Crippen LogP contribution in [0.25, 0.3) is 0 Å². The highest BCUT2D eigenvalue weighted by Gasteiger charge is 2.16. The average molecular weight is 253 g/mol. The Bertz CT molecular complexity index is 403. The SMILES string of the molecule is COc1cc(OCC2CCCCC2)c(F)cc1N. The van der Waals surface area contributed by atoms with Gasteiger partial charge in [-0.2, -0.15) is 0 Å². The molecule has 2 N–H and O–H groups in total. The molecule has 0 radical (unpaired) electrons. The van der Waals surface area contributed by atoms with Crippen LogP contribution in [0.2, 0.25) is 0 Å². The van der Waals surface area contributed by atoms with Gasteiger partial charge in [0.2, 0.25) is 0 Å². The Morgan fingerprint density at radius 1 is 1.22 bits per heavy atom. The molecular weight excluding hydrogens is 233 g/mol. The fourth-order valence-electron chi connectivity index (χ4n) is 2.40. The number of hydrogen-bond donors (Lipinski definition) is 1. The monoisotopic (exact) mass is 253 g/mol. The summed E-state index contributed by atoms with van der Waals surface area (Å²) < 4.78 is 24.3. The van der Waals surface area contributed by atoms with Gasteiger partial charge in [-0.05, 0) is 18.8 Å². The highest BCUT2D eigenvalue weighted by atomic mass is 19.1. The van der Waals surface area contributed by atoms with Crippen molar-refractivity contribution < 1.29 is 13.9 Å². The molecule has 1 aromatic rings. The van der Waals surface area contributed by atoms with Crippen molar-refractivity contribution in [2.45, 2.75) is 32.1 Å². The summed E-state index contributed by atoms with van der Waals surface area (Å²) in [4.78, 5) is 0. The Labute approximate surface area is 107 Å². The lowest BCUT2D eigenvalue weighted by molar-refractivity contribution is 0.202. The number of halogens is 1. The predicted octanol–water partition coefficient (Wildman–Crippen LogP) is 3.38. The number of nitrogen functional groups attached to an aromatic ring is 1. The number of methoxy groups -OCH3 is 1. The molecule has 0 aliphatic heterocycles. The second-order valence-electron chi connectivity index (χ2n) is 4.84. The molecule has 0 atom stereocenters. The standard InChI is InChI=1S/C14H20FNO2/c1-17-14-8-13(11(15)7-12(14)16)18-9-10-5-3-2-4-6-10/h7-8,10H,2-6,9,16H2,1H3. The second-order valence-corrected chi connectivity index (χ2v) is 4.84. The summed E-state index contributed by atoms with van der Waals surface area (Å²) in [6.45, 7) is 0.573. The fraction of sp³-hybridized carbons (Fsp3) is 0.571. The van der Waals surface area contributed by atoms with E-state index in [9.17, 15) is 4.39 Å². The molecular formula is C14H20FNO2. The molecule has 0 saturated heterocycles. The van der Waals surface area contributed by atoms with Crippen molar-refractivity contribution in [3.05, 3.63) is 17.9 Å². The predicted molar refractivity (Wildman–Crippen MR) is 69.4 cm³/mol. The van der Waals surface area contributed by atoms with Crippen LogP contribution in [-0.2, 0) is 0 Å². The Kier molecular flexibility index (Phi) is 4.28. The normalized spacial score (nSPS) is 16.6. The topological polar surface area (TPSA) is 44.5 Å². The molecule has 1 aliphatic rings. The van der Waals surface area contributed by atoms with Crippen LogP contribution in [0.1, 0.15) is 32.1 Å². The van der Waals surface area contributed by atoms with Crippen LogP contribution in [-0.4, -0.2) is 13.7 Å². The first kappa shape index (κ1) is 13.0. The minimum Gasteiger partial charge on any atom is -0.494 e. The maximum atomic E-state index is 13.7. The van der Waals surface area contributed by atoms with Crippen LogP contribution in [0.3, 0.4) is 0 Å². The lowest BCUT2D eigenvalue weighted by Gasteiger charge is -2.22. The molecule has 1 aliphatic carbocycles. The number of benzene rings is 1. The molecule has 2 rings (SSSR count). The van der Waals surface area contributed by atoms with Gasteiger partial charge in [0.1, 0.15) is 5.75 Å².